The molecule has 0 N–H and O–H groups in total. The molecule has 1 aromatic heterocycles. The first kappa shape index (κ1) is 13.7. The second-order valence-corrected chi connectivity index (χ2v) is 6.00. The number of nitrogens with zero attached hydrogens (tertiary/aromatic N) is 1. The molecule has 96 valence electrons. The van der Waals surface area contributed by atoms with Crippen LogP contribution in [-0.2, 0) is 0 Å². The minimum Gasteiger partial charge on any atom is -0.484 e. The molecule has 3 nitrogen and oxygen atoms in total. The number of ketones is 1. The van der Waals surface area contributed by atoms with E-state index >= 15 is 0 Å². The summed E-state index contributed by atoms with van der Waals surface area (Å²) < 4.78 is 19.4. The van der Waals surface area contributed by atoms with E-state index in [1.807, 2.05) is 0 Å². The SMILES string of the molecule is N#Cc1c(F)cccc1OCC(=O)c1ccc(Br)s1. The van der Waals surface area contributed by atoms with E-state index in [2.05, 4.69) is 15.9 Å². The van der Waals surface area contributed by atoms with Gasteiger partial charge >= 0.3 is 0 Å². The van der Waals surface area contributed by atoms with Crippen LogP contribution in [0.1, 0.15) is 15.2 Å². The summed E-state index contributed by atoms with van der Waals surface area (Å²) in [7, 11) is 0. The van der Waals surface area contributed by atoms with Gasteiger partial charge in [-0.1, -0.05) is 6.07 Å². The molecule has 6 heteroatoms. The lowest BCUT2D eigenvalue weighted by Crippen LogP contribution is -2.11. The van der Waals surface area contributed by atoms with E-state index in [4.69, 9.17) is 10.00 Å². The van der Waals surface area contributed by atoms with Crippen LogP contribution in [0.3, 0.4) is 0 Å². The van der Waals surface area contributed by atoms with Crippen LogP contribution in [0.25, 0.3) is 0 Å². The number of hydrogen-bond donors (Lipinski definition) is 0. The van der Waals surface area contributed by atoms with E-state index < -0.39 is 5.82 Å². The van der Waals surface area contributed by atoms with Crippen molar-refractivity contribution in [3.63, 3.8) is 0 Å². The number of halogens is 2. The van der Waals surface area contributed by atoms with Gasteiger partial charge < -0.3 is 4.74 Å². The van der Waals surface area contributed by atoms with Crippen LogP contribution in [0.2, 0.25) is 0 Å². The Balaban J connectivity index is 2.10. The number of benzene rings is 1. The molecule has 2 aromatic rings. The first-order valence-corrected chi connectivity index (χ1v) is 6.82. The molecule has 1 aromatic carbocycles. The van der Waals surface area contributed by atoms with E-state index in [9.17, 15) is 9.18 Å². The largest absolute Gasteiger partial charge is 0.484 e. The van der Waals surface area contributed by atoms with Gasteiger partial charge in [-0.2, -0.15) is 5.26 Å². The topological polar surface area (TPSA) is 50.1 Å². The molecule has 0 saturated heterocycles. The van der Waals surface area contributed by atoms with Crippen molar-refractivity contribution in [2.24, 2.45) is 0 Å². The molecule has 0 atom stereocenters. The maximum atomic E-state index is 13.3. The van der Waals surface area contributed by atoms with Crippen molar-refractivity contribution in [1.29, 1.82) is 5.26 Å². The zero-order valence-electron chi connectivity index (χ0n) is 9.52. The Kier molecular flexibility index (Phi) is 4.30. The Morgan fingerprint density at radius 3 is 2.84 bits per heavy atom. The molecule has 0 saturated carbocycles. The van der Waals surface area contributed by atoms with Gasteiger partial charge in [0.2, 0.25) is 5.78 Å². The molecule has 0 aliphatic heterocycles. The highest BCUT2D eigenvalue weighted by molar-refractivity contribution is 9.11. The molecule has 0 aliphatic rings. The Morgan fingerprint density at radius 2 is 2.21 bits per heavy atom. The number of carbonyl (C=O) groups excluding carboxylic acids is 1. The van der Waals surface area contributed by atoms with E-state index in [0.717, 1.165) is 3.79 Å². The molecular weight excluding hydrogens is 333 g/mol. The number of thiophene rings is 1. The number of rotatable bonds is 4. The molecule has 2 rings (SSSR count). The third kappa shape index (κ3) is 3.19. The molecule has 0 radical (unpaired) electrons. The van der Waals surface area contributed by atoms with Crippen molar-refractivity contribution in [2.75, 3.05) is 6.61 Å². The maximum absolute atomic E-state index is 13.3. The summed E-state index contributed by atoms with van der Waals surface area (Å²) in [6.07, 6.45) is 0. The van der Waals surface area contributed by atoms with Gasteiger partial charge in [0.05, 0.1) is 8.66 Å². The summed E-state index contributed by atoms with van der Waals surface area (Å²) in [6, 6.07) is 9.21. The molecule has 0 aliphatic carbocycles. The molecule has 0 bridgehead atoms. The van der Waals surface area contributed by atoms with Crippen molar-refractivity contribution in [3.05, 3.63) is 50.4 Å². The number of Topliss-reactive ketones (excluding diaryl/α,β-unsaturated/α-hetero) is 1. The summed E-state index contributed by atoms with van der Waals surface area (Å²) in [4.78, 5) is 12.3. The van der Waals surface area contributed by atoms with E-state index in [-0.39, 0.29) is 23.7 Å². The lowest BCUT2D eigenvalue weighted by molar-refractivity contribution is 0.0925. The summed E-state index contributed by atoms with van der Waals surface area (Å²) in [5.74, 6) is -0.804. The van der Waals surface area contributed by atoms with Gasteiger partial charge in [-0.25, -0.2) is 4.39 Å². The Morgan fingerprint density at radius 1 is 1.42 bits per heavy atom. The highest BCUT2D eigenvalue weighted by Gasteiger charge is 2.13. The van der Waals surface area contributed by atoms with Crippen LogP contribution in [0.15, 0.2) is 34.1 Å². The predicted octanol–water partition coefficient (Wildman–Crippen LogP) is 3.78. The second kappa shape index (κ2) is 5.95. The van der Waals surface area contributed by atoms with Crippen LogP contribution in [-0.4, -0.2) is 12.4 Å². The first-order chi connectivity index (χ1) is 9.11. The van der Waals surface area contributed by atoms with Crippen molar-refractivity contribution in [2.45, 2.75) is 0 Å². The number of nitriles is 1. The summed E-state index contributed by atoms with van der Waals surface area (Å²) >= 11 is 4.55. The van der Waals surface area contributed by atoms with Crippen LogP contribution in [0.4, 0.5) is 4.39 Å². The van der Waals surface area contributed by atoms with Gasteiger partial charge in [0.15, 0.2) is 6.61 Å². The maximum Gasteiger partial charge on any atom is 0.210 e. The highest BCUT2D eigenvalue weighted by Crippen LogP contribution is 2.24. The van der Waals surface area contributed by atoms with Crippen molar-refractivity contribution in [3.8, 4) is 11.8 Å². The van der Waals surface area contributed by atoms with Gasteiger partial charge in [0.25, 0.3) is 0 Å². The molecule has 19 heavy (non-hydrogen) atoms. The van der Waals surface area contributed by atoms with Gasteiger partial charge in [0, 0.05) is 0 Å². The fourth-order valence-electron chi connectivity index (χ4n) is 1.41. The fourth-order valence-corrected chi connectivity index (χ4v) is 2.72. The smallest absolute Gasteiger partial charge is 0.210 e. The average molecular weight is 340 g/mol. The van der Waals surface area contributed by atoms with Crippen molar-refractivity contribution >= 4 is 33.0 Å². The van der Waals surface area contributed by atoms with Crippen molar-refractivity contribution in [1.82, 2.24) is 0 Å². The number of ether oxygens (including phenoxy) is 1. The molecular formula is C13H7BrFNO2S. The Labute approximate surface area is 121 Å². The minimum atomic E-state index is -0.661. The third-order valence-electron chi connectivity index (χ3n) is 2.29. The standard InChI is InChI=1S/C13H7BrFNO2S/c14-13-5-4-12(19-13)10(17)7-18-11-3-1-2-9(15)8(11)6-16/h1-5H,7H2. The summed E-state index contributed by atoms with van der Waals surface area (Å²) in [5, 5.41) is 8.83. The third-order valence-corrected chi connectivity index (χ3v) is 3.96. The molecule has 0 unspecified atom stereocenters. The van der Waals surface area contributed by atoms with Crippen LogP contribution in [0, 0.1) is 17.1 Å². The van der Waals surface area contributed by atoms with Gasteiger partial charge in [0.1, 0.15) is 23.2 Å². The quantitative estimate of drug-likeness (QED) is 0.796. The van der Waals surface area contributed by atoms with Gasteiger partial charge in [-0.05, 0) is 40.2 Å². The lowest BCUT2D eigenvalue weighted by atomic mass is 10.2. The van der Waals surface area contributed by atoms with E-state index in [1.54, 1.807) is 18.2 Å². The number of carbonyl (C=O) groups is 1. The lowest BCUT2D eigenvalue weighted by Gasteiger charge is -2.06. The summed E-state index contributed by atoms with van der Waals surface area (Å²) in [6.45, 7) is -0.231. The van der Waals surface area contributed by atoms with Crippen LogP contribution < -0.4 is 4.74 Å². The summed E-state index contributed by atoms with van der Waals surface area (Å²) in [5.41, 5.74) is -0.192. The van der Waals surface area contributed by atoms with E-state index in [0.29, 0.717) is 4.88 Å². The zero-order chi connectivity index (χ0) is 13.8. The normalized spacial score (nSPS) is 9.95. The fraction of sp³-hybridized carbons (Fsp3) is 0.0769. The van der Waals surface area contributed by atoms with Gasteiger partial charge in [-0.3, -0.25) is 4.79 Å². The van der Waals surface area contributed by atoms with Crippen LogP contribution >= 0.6 is 27.3 Å². The van der Waals surface area contributed by atoms with Crippen LogP contribution in [0.5, 0.6) is 5.75 Å². The average Bonchev–Trinajstić information content (AvgIpc) is 2.83. The molecule has 0 spiro atoms. The zero-order valence-corrected chi connectivity index (χ0v) is 11.9. The van der Waals surface area contributed by atoms with E-state index in [1.165, 1.54) is 29.5 Å². The first-order valence-electron chi connectivity index (χ1n) is 5.21. The molecule has 0 amide bonds. The highest BCUT2D eigenvalue weighted by atomic mass is 79.9. The Hall–Kier alpha value is -1.71. The molecule has 1 heterocycles. The molecule has 0 fully saturated rings. The predicted molar refractivity (Wildman–Crippen MR) is 73.0 cm³/mol. The van der Waals surface area contributed by atoms with Gasteiger partial charge in [-0.15, -0.1) is 11.3 Å². The number of hydrogen-bond acceptors (Lipinski definition) is 4. The second-order valence-electron chi connectivity index (χ2n) is 3.54. The minimum absolute atomic E-state index is 0.0754. The monoisotopic (exact) mass is 339 g/mol. The van der Waals surface area contributed by atoms with Crippen molar-refractivity contribution < 1.29 is 13.9 Å². The Bertz CT molecular complexity index is 663.